The quantitative estimate of drug-likeness (QED) is 0.566. The number of piperazine rings is 1. The van der Waals surface area contributed by atoms with Crippen molar-refractivity contribution in [3.63, 3.8) is 0 Å². The van der Waals surface area contributed by atoms with Crippen LogP contribution in [0.15, 0.2) is 0 Å². The third-order valence-corrected chi connectivity index (χ3v) is 3.07. The number of nitrogens with zero attached hydrogens (tertiary/aromatic N) is 2. The van der Waals surface area contributed by atoms with Crippen molar-refractivity contribution in [3.8, 4) is 0 Å². The van der Waals surface area contributed by atoms with Crippen LogP contribution in [0.25, 0.3) is 0 Å². The highest BCUT2D eigenvalue weighted by molar-refractivity contribution is 6.35. The van der Waals surface area contributed by atoms with Gasteiger partial charge in [-0.2, -0.15) is 0 Å². The molecule has 0 aliphatic carbocycles. The van der Waals surface area contributed by atoms with E-state index >= 15 is 0 Å². The van der Waals surface area contributed by atoms with Crippen molar-refractivity contribution < 1.29 is 14.4 Å². The topological polar surface area (TPSA) is 95.7 Å². The van der Waals surface area contributed by atoms with Crippen molar-refractivity contribution in [1.29, 1.82) is 0 Å². The molecule has 0 saturated carbocycles. The van der Waals surface area contributed by atoms with Crippen molar-refractivity contribution in [3.05, 3.63) is 0 Å². The first-order valence-electron chi connectivity index (χ1n) is 5.87. The van der Waals surface area contributed by atoms with Gasteiger partial charge in [-0.05, 0) is 13.8 Å². The monoisotopic (exact) mass is 256 g/mol. The SMILES string of the molecule is CN1CCN(C(=O)C(=O)NCCN)C(C)(C)C1=O. The molecule has 1 fully saturated rings. The van der Waals surface area contributed by atoms with Gasteiger partial charge in [-0.15, -0.1) is 0 Å². The number of hydrogen-bond acceptors (Lipinski definition) is 4. The number of carbonyl (C=O) groups is 3. The summed E-state index contributed by atoms with van der Waals surface area (Å²) in [6.45, 7) is 4.57. The van der Waals surface area contributed by atoms with Gasteiger partial charge in [0.25, 0.3) is 0 Å². The van der Waals surface area contributed by atoms with Crippen molar-refractivity contribution in [1.82, 2.24) is 15.1 Å². The summed E-state index contributed by atoms with van der Waals surface area (Å²) in [6.07, 6.45) is 0. The molecular weight excluding hydrogens is 236 g/mol. The number of carbonyl (C=O) groups excluding carboxylic acids is 3. The predicted octanol–water partition coefficient (Wildman–Crippen LogP) is -1.86. The van der Waals surface area contributed by atoms with Crippen LogP contribution in [0.1, 0.15) is 13.8 Å². The highest BCUT2D eigenvalue weighted by Crippen LogP contribution is 2.21. The summed E-state index contributed by atoms with van der Waals surface area (Å²) in [4.78, 5) is 38.4. The molecule has 18 heavy (non-hydrogen) atoms. The Morgan fingerprint density at radius 3 is 2.56 bits per heavy atom. The number of nitrogens with two attached hydrogens (primary N) is 1. The lowest BCUT2D eigenvalue weighted by molar-refractivity contribution is -0.161. The van der Waals surface area contributed by atoms with Crippen LogP contribution in [0, 0.1) is 0 Å². The molecule has 1 aliphatic rings. The zero-order chi connectivity index (χ0) is 13.9. The number of nitrogens with one attached hydrogen (secondary N) is 1. The molecule has 0 atom stereocenters. The zero-order valence-electron chi connectivity index (χ0n) is 11.0. The Bertz CT molecular complexity index is 367. The normalized spacial score (nSPS) is 18.8. The largest absolute Gasteiger partial charge is 0.347 e. The maximum atomic E-state index is 12.0. The third-order valence-electron chi connectivity index (χ3n) is 3.07. The van der Waals surface area contributed by atoms with Crippen LogP contribution in [0.2, 0.25) is 0 Å². The minimum atomic E-state index is -0.996. The molecule has 7 nitrogen and oxygen atoms in total. The van der Waals surface area contributed by atoms with Gasteiger partial charge in [0.2, 0.25) is 5.91 Å². The van der Waals surface area contributed by atoms with Crippen molar-refractivity contribution in [2.45, 2.75) is 19.4 Å². The first-order chi connectivity index (χ1) is 8.32. The molecule has 102 valence electrons. The van der Waals surface area contributed by atoms with E-state index in [9.17, 15) is 14.4 Å². The molecule has 0 aromatic carbocycles. The van der Waals surface area contributed by atoms with Crippen molar-refractivity contribution >= 4 is 17.7 Å². The summed E-state index contributed by atoms with van der Waals surface area (Å²) >= 11 is 0. The Morgan fingerprint density at radius 1 is 1.39 bits per heavy atom. The van der Waals surface area contributed by atoms with Crippen LogP contribution in [-0.2, 0) is 14.4 Å². The summed E-state index contributed by atoms with van der Waals surface area (Å²) in [5, 5.41) is 2.41. The lowest BCUT2D eigenvalue weighted by Gasteiger charge is -2.44. The van der Waals surface area contributed by atoms with E-state index in [0.29, 0.717) is 13.1 Å². The Hall–Kier alpha value is -1.63. The minimum absolute atomic E-state index is 0.172. The molecule has 1 heterocycles. The second-order valence-corrected chi connectivity index (χ2v) is 4.79. The molecule has 1 aliphatic heterocycles. The molecule has 0 unspecified atom stereocenters. The van der Waals surface area contributed by atoms with Gasteiger partial charge in [0, 0.05) is 33.2 Å². The summed E-state index contributed by atoms with van der Waals surface area (Å²) in [5.74, 6) is -1.57. The Labute approximate surface area is 106 Å². The van der Waals surface area contributed by atoms with Gasteiger partial charge < -0.3 is 20.9 Å². The minimum Gasteiger partial charge on any atom is -0.347 e. The average molecular weight is 256 g/mol. The molecule has 3 N–H and O–H groups in total. The fourth-order valence-corrected chi connectivity index (χ4v) is 1.95. The highest BCUT2D eigenvalue weighted by Gasteiger charge is 2.44. The summed E-state index contributed by atoms with van der Waals surface area (Å²) in [7, 11) is 1.68. The van der Waals surface area contributed by atoms with E-state index in [4.69, 9.17) is 5.73 Å². The molecule has 0 radical (unpaired) electrons. The zero-order valence-corrected chi connectivity index (χ0v) is 11.0. The van der Waals surface area contributed by atoms with Gasteiger partial charge in [0.1, 0.15) is 5.54 Å². The first kappa shape index (κ1) is 14.4. The van der Waals surface area contributed by atoms with Crippen molar-refractivity contribution in [2.75, 3.05) is 33.2 Å². The molecular formula is C11H20N4O3. The fraction of sp³-hybridized carbons (Fsp3) is 0.727. The van der Waals surface area contributed by atoms with Crippen LogP contribution >= 0.6 is 0 Å². The van der Waals surface area contributed by atoms with E-state index in [1.807, 2.05) is 0 Å². The molecule has 1 rings (SSSR count). The van der Waals surface area contributed by atoms with Crippen LogP contribution in [-0.4, -0.2) is 66.3 Å². The second kappa shape index (κ2) is 5.34. The maximum absolute atomic E-state index is 12.0. The van der Waals surface area contributed by atoms with Crippen LogP contribution in [0.5, 0.6) is 0 Å². The Morgan fingerprint density at radius 2 is 2.00 bits per heavy atom. The van der Waals surface area contributed by atoms with Crippen molar-refractivity contribution in [2.24, 2.45) is 5.73 Å². The molecule has 0 bridgehead atoms. The molecule has 0 aromatic rings. The van der Waals surface area contributed by atoms with Gasteiger partial charge in [0.05, 0.1) is 0 Å². The van der Waals surface area contributed by atoms with E-state index in [1.165, 1.54) is 4.90 Å². The smallest absolute Gasteiger partial charge is 0.312 e. The fourth-order valence-electron chi connectivity index (χ4n) is 1.95. The molecule has 0 spiro atoms. The van der Waals surface area contributed by atoms with E-state index in [1.54, 1.807) is 25.8 Å². The van der Waals surface area contributed by atoms with E-state index in [0.717, 1.165) is 0 Å². The first-order valence-corrected chi connectivity index (χ1v) is 5.87. The summed E-state index contributed by atoms with van der Waals surface area (Å²) in [6, 6.07) is 0. The Balaban J connectivity index is 2.79. The maximum Gasteiger partial charge on any atom is 0.312 e. The van der Waals surface area contributed by atoms with Crippen LogP contribution in [0.4, 0.5) is 0 Å². The van der Waals surface area contributed by atoms with E-state index in [2.05, 4.69) is 5.32 Å². The molecule has 3 amide bonds. The van der Waals surface area contributed by atoms with Gasteiger partial charge >= 0.3 is 11.8 Å². The molecule has 7 heteroatoms. The number of hydrogen-bond donors (Lipinski definition) is 2. The highest BCUT2D eigenvalue weighted by atomic mass is 16.2. The summed E-state index contributed by atoms with van der Waals surface area (Å²) < 4.78 is 0. The Kier molecular flexibility index (Phi) is 4.28. The van der Waals surface area contributed by atoms with Gasteiger partial charge in [-0.1, -0.05) is 0 Å². The molecule has 1 saturated heterocycles. The van der Waals surface area contributed by atoms with Gasteiger partial charge in [0.15, 0.2) is 0 Å². The second-order valence-electron chi connectivity index (χ2n) is 4.79. The van der Waals surface area contributed by atoms with Crippen LogP contribution in [0.3, 0.4) is 0 Å². The average Bonchev–Trinajstić information content (AvgIpc) is 2.32. The number of rotatable bonds is 2. The lowest BCUT2D eigenvalue weighted by atomic mass is 9.97. The van der Waals surface area contributed by atoms with Crippen LogP contribution < -0.4 is 11.1 Å². The standard InChI is InChI=1S/C11H20N4O3/c1-11(2)10(18)14(3)6-7-15(11)9(17)8(16)13-5-4-12/h4-7,12H2,1-3H3,(H,13,16). The van der Waals surface area contributed by atoms with E-state index < -0.39 is 17.4 Å². The predicted molar refractivity (Wildman–Crippen MR) is 65.5 cm³/mol. The number of likely N-dealkylation sites (N-methyl/N-ethyl adjacent to an activating group) is 1. The third kappa shape index (κ3) is 2.61. The van der Waals surface area contributed by atoms with E-state index in [-0.39, 0.29) is 19.0 Å². The summed E-state index contributed by atoms with van der Waals surface area (Å²) in [5.41, 5.74) is 4.25. The number of amides is 3. The lowest BCUT2D eigenvalue weighted by Crippen LogP contribution is -2.65. The van der Waals surface area contributed by atoms with Gasteiger partial charge in [-0.25, -0.2) is 0 Å². The molecule has 0 aromatic heterocycles. The van der Waals surface area contributed by atoms with Gasteiger partial charge in [-0.3, -0.25) is 14.4 Å².